The van der Waals surface area contributed by atoms with Crippen molar-refractivity contribution in [2.24, 2.45) is 0 Å². The van der Waals surface area contributed by atoms with Crippen LogP contribution in [-0.2, 0) is 0 Å². The molecule has 0 atom stereocenters. The summed E-state index contributed by atoms with van der Waals surface area (Å²) in [7, 11) is 0. The molecule has 2 heteroatoms. The van der Waals surface area contributed by atoms with Crippen LogP contribution in [0.4, 0.5) is 17.1 Å². The minimum Gasteiger partial charge on any atom is -0.309 e. The first-order valence-corrected chi connectivity index (χ1v) is 14.4. The first kappa shape index (κ1) is 23.0. The van der Waals surface area contributed by atoms with E-state index in [0.29, 0.717) is 0 Å². The van der Waals surface area contributed by atoms with Crippen LogP contribution in [0.15, 0.2) is 152 Å². The van der Waals surface area contributed by atoms with Gasteiger partial charge in [0.25, 0.3) is 0 Å². The van der Waals surface area contributed by atoms with Gasteiger partial charge in [-0.15, -0.1) is 11.3 Å². The Morgan fingerprint density at radius 3 is 1.70 bits per heavy atom. The minimum atomic E-state index is 1.14. The van der Waals surface area contributed by atoms with Crippen molar-refractivity contribution in [2.45, 2.75) is 0 Å². The molecule has 188 valence electrons. The predicted molar refractivity (Wildman–Crippen MR) is 174 cm³/mol. The van der Waals surface area contributed by atoms with E-state index in [9.17, 15) is 0 Å². The first-order valence-electron chi connectivity index (χ1n) is 13.6. The van der Waals surface area contributed by atoms with Gasteiger partial charge in [0.05, 0.1) is 11.4 Å². The summed E-state index contributed by atoms with van der Waals surface area (Å²) < 4.78 is 2.66. The van der Waals surface area contributed by atoms with Crippen molar-refractivity contribution in [2.75, 3.05) is 4.90 Å². The van der Waals surface area contributed by atoms with Crippen LogP contribution in [-0.4, -0.2) is 0 Å². The minimum absolute atomic E-state index is 1.14. The molecule has 8 aromatic rings. The summed E-state index contributed by atoms with van der Waals surface area (Å²) in [5, 5.41) is 7.58. The van der Waals surface area contributed by atoms with Crippen LogP contribution in [0.1, 0.15) is 0 Å². The molecule has 0 aliphatic carbocycles. The molecule has 40 heavy (non-hydrogen) atoms. The van der Waals surface area contributed by atoms with Crippen molar-refractivity contribution in [3.8, 4) is 11.1 Å². The second kappa shape index (κ2) is 9.37. The smallest absolute Gasteiger partial charge is 0.0540 e. The van der Waals surface area contributed by atoms with Crippen molar-refractivity contribution < 1.29 is 0 Å². The Labute approximate surface area is 237 Å². The second-order valence-corrected chi connectivity index (χ2v) is 11.2. The molecule has 0 N–H and O–H groups in total. The zero-order valence-corrected chi connectivity index (χ0v) is 22.6. The lowest BCUT2D eigenvalue weighted by molar-refractivity contribution is 1.31. The van der Waals surface area contributed by atoms with Crippen molar-refractivity contribution in [3.63, 3.8) is 0 Å². The number of thiophene rings is 1. The van der Waals surface area contributed by atoms with Gasteiger partial charge in [-0.05, 0) is 52.2 Å². The molecule has 0 unspecified atom stereocenters. The number of benzene rings is 7. The van der Waals surface area contributed by atoms with E-state index in [4.69, 9.17) is 0 Å². The van der Waals surface area contributed by atoms with Gasteiger partial charge in [-0.25, -0.2) is 0 Å². The van der Waals surface area contributed by atoms with Gasteiger partial charge >= 0.3 is 0 Å². The zero-order valence-electron chi connectivity index (χ0n) is 21.8. The molecule has 1 aromatic heterocycles. The standard InChI is InChI=1S/C38H25NS/c1-3-17-30-26(11-1)13-8-22-35(30)39(36-23-9-14-27-12-2-4-18-31(27)36)29-16-7-15-28(25-29)32-20-10-21-34-33-19-5-6-24-37(33)40-38(32)34/h1-25H. The lowest BCUT2D eigenvalue weighted by atomic mass is 10.0. The molecule has 8 rings (SSSR count). The predicted octanol–water partition coefficient (Wildman–Crippen LogP) is 11.5. The van der Waals surface area contributed by atoms with E-state index in [2.05, 4.69) is 157 Å². The molecular formula is C38H25NS. The molecule has 0 spiro atoms. The van der Waals surface area contributed by atoms with E-state index in [-0.39, 0.29) is 0 Å². The third kappa shape index (κ3) is 3.69. The van der Waals surface area contributed by atoms with Gasteiger partial charge in [-0.2, -0.15) is 0 Å². The van der Waals surface area contributed by atoms with E-state index < -0.39 is 0 Å². The van der Waals surface area contributed by atoms with Crippen molar-refractivity contribution in [3.05, 3.63) is 152 Å². The largest absolute Gasteiger partial charge is 0.309 e. The van der Waals surface area contributed by atoms with Crippen LogP contribution >= 0.6 is 11.3 Å². The first-order chi connectivity index (χ1) is 19.8. The number of rotatable bonds is 4. The van der Waals surface area contributed by atoms with Gasteiger partial charge in [0.1, 0.15) is 0 Å². The molecule has 0 saturated carbocycles. The van der Waals surface area contributed by atoms with Gasteiger partial charge in [0.2, 0.25) is 0 Å². The number of anilines is 3. The van der Waals surface area contributed by atoms with Crippen LogP contribution in [0.25, 0.3) is 52.8 Å². The third-order valence-electron chi connectivity index (χ3n) is 7.83. The summed E-state index contributed by atoms with van der Waals surface area (Å²) >= 11 is 1.88. The fourth-order valence-electron chi connectivity index (χ4n) is 6.00. The highest BCUT2D eigenvalue weighted by Crippen LogP contribution is 2.44. The van der Waals surface area contributed by atoms with Gasteiger partial charge in [-0.1, -0.05) is 121 Å². The second-order valence-electron chi connectivity index (χ2n) is 10.2. The van der Waals surface area contributed by atoms with Crippen molar-refractivity contribution >= 4 is 70.1 Å². The Kier molecular flexibility index (Phi) is 5.39. The maximum absolute atomic E-state index is 2.43. The Bertz CT molecular complexity index is 2100. The van der Waals surface area contributed by atoms with E-state index >= 15 is 0 Å². The quantitative estimate of drug-likeness (QED) is 0.220. The molecule has 0 aliphatic rings. The Morgan fingerprint density at radius 1 is 0.425 bits per heavy atom. The summed E-state index contributed by atoms with van der Waals surface area (Å²) in [4.78, 5) is 2.43. The van der Waals surface area contributed by atoms with Gasteiger partial charge in [0, 0.05) is 36.6 Å². The number of hydrogen-bond donors (Lipinski definition) is 0. The highest BCUT2D eigenvalue weighted by molar-refractivity contribution is 7.26. The number of hydrogen-bond acceptors (Lipinski definition) is 2. The molecule has 0 fully saturated rings. The molecular weight excluding hydrogens is 502 g/mol. The molecule has 0 saturated heterocycles. The maximum Gasteiger partial charge on any atom is 0.0540 e. The lowest BCUT2D eigenvalue weighted by Crippen LogP contribution is -2.11. The highest BCUT2D eigenvalue weighted by atomic mass is 32.1. The highest BCUT2D eigenvalue weighted by Gasteiger charge is 2.19. The van der Waals surface area contributed by atoms with Crippen molar-refractivity contribution in [1.82, 2.24) is 0 Å². The molecule has 0 amide bonds. The molecule has 1 nitrogen and oxygen atoms in total. The molecule has 1 heterocycles. The van der Waals surface area contributed by atoms with E-state index in [0.717, 1.165) is 5.69 Å². The average Bonchev–Trinajstić information content (AvgIpc) is 3.41. The molecule has 0 radical (unpaired) electrons. The summed E-state index contributed by atoms with van der Waals surface area (Å²) in [6.07, 6.45) is 0. The van der Waals surface area contributed by atoms with E-state index in [1.165, 1.54) is 64.2 Å². The fourth-order valence-corrected chi connectivity index (χ4v) is 7.24. The van der Waals surface area contributed by atoms with Crippen LogP contribution in [0.3, 0.4) is 0 Å². The topological polar surface area (TPSA) is 3.24 Å². The van der Waals surface area contributed by atoms with Gasteiger partial charge in [0.15, 0.2) is 0 Å². The SMILES string of the molecule is c1cc(-c2cccc3c2sc2ccccc23)cc(N(c2cccc3ccccc23)c2cccc3ccccc23)c1. The summed E-state index contributed by atoms with van der Waals surface area (Å²) in [5.41, 5.74) is 5.98. The van der Waals surface area contributed by atoms with Gasteiger partial charge < -0.3 is 4.90 Å². The van der Waals surface area contributed by atoms with E-state index in [1.54, 1.807) is 0 Å². The normalized spacial score (nSPS) is 11.5. The Hall–Kier alpha value is -4.92. The van der Waals surface area contributed by atoms with Crippen LogP contribution < -0.4 is 4.90 Å². The molecule has 7 aromatic carbocycles. The average molecular weight is 528 g/mol. The monoisotopic (exact) mass is 527 g/mol. The Morgan fingerprint density at radius 2 is 0.975 bits per heavy atom. The maximum atomic E-state index is 2.43. The van der Waals surface area contributed by atoms with Crippen molar-refractivity contribution in [1.29, 1.82) is 0 Å². The summed E-state index contributed by atoms with van der Waals surface area (Å²) in [6.45, 7) is 0. The third-order valence-corrected chi connectivity index (χ3v) is 9.05. The van der Waals surface area contributed by atoms with Gasteiger partial charge in [-0.3, -0.25) is 0 Å². The fraction of sp³-hybridized carbons (Fsp3) is 0. The zero-order chi connectivity index (χ0) is 26.5. The van der Waals surface area contributed by atoms with Crippen LogP contribution in [0.5, 0.6) is 0 Å². The van der Waals surface area contributed by atoms with Crippen LogP contribution in [0, 0.1) is 0 Å². The number of fused-ring (bicyclic) bond motifs is 5. The lowest BCUT2D eigenvalue weighted by Gasteiger charge is -2.28. The Balaban J connectivity index is 1.39. The summed E-state index contributed by atoms with van der Waals surface area (Å²) in [6, 6.07) is 55.0. The summed E-state index contributed by atoms with van der Waals surface area (Å²) in [5.74, 6) is 0. The van der Waals surface area contributed by atoms with E-state index in [1.807, 2.05) is 11.3 Å². The molecule has 0 bridgehead atoms. The van der Waals surface area contributed by atoms with Crippen LogP contribution in [0.2, 0.25) is 0 Å². The molecule has 0 aliphatic heterocycles. The number of nitrogens with zero attached hydrogens (tertiary/aromatic N) is 1.